The minimum atomic E-state index is -0.356. The molecule has 0 unspecified atom stereocenters. The van der Waals surface area contributed by atoms with Gasteiger partial charge in [0.2, 0.25) is 0 Å². The van der Waals surface area contributed by atoms with Crippen molar-refractivity contribution in [3.63, 3.8) is 0 Å². The summed E-state index contributed by atoms with van der Waals surface area (Å²) in [6, 6.07) is 22.2. The van der Waals surface area contributed by atoms with Crippen LogP contribution < -0.4 is 5.32 Å². The molecule has 2 amide bonds. The van der Waals surface area contributed by atoms with Crippen LogP contribution in [0, 0.1) is 11.6 Å². The fourth-order valence-corrected chi connectivity index (χ4v) is 4.16. The molecule has 1 fully saturated rings. The van der Waals surface area contributed by atoms with E-state index in [0.717, 1.165) is 38.0 Å². The zero-order valence-corrected chi connectivity index (χ0v) is 17.9. The Kier molecular flexibility index (Phi) is 7.12. The second kappa shape index (κ2) is 10.4. The average molecular weight is 436 g/mol. The summed E-state index contributed by atoms with van der Waals surface area (Å²) in [5.74, 6) is -0.676. The van der Waals surface area contributed by atoms with E-state index in [1.165, 1.54) is 42.0 Å². The molecule has 1 N–H and O–H groups in total. The van der Waals surface area contributed by atoms with E-state index in [9.17, 15) is 13.6 Å². The van der Waals surface area contributed by atoms with Crippen LogP contribution in [0.3, 0.4) is 0 Å². The summed E-state index contributed by atoms with van der Waals surface area (Å²) in [6.07, 6.45) is 1.66. The molecule has 4 rings (SSSR count). The Labute approximate surface area is 187 Å². The Hall–Kier alpha value is -3.25. The quantitative estimate of drug-likeness (QED) is 0.542. The fraction of sp³-hybridized carbons (Fsp3) is 0.269. The lowest BCUT2D eigenvalue weighted by Gasteiger charge is -2.38. The first-order valence-corrected chi connectivity index (χ1v) is 10.9. The maximum atomic E-state index is 13.7. The number of likely N-dealkylation sites (tertiary alicyclic amines) is 1. The number of carbonyl (C=O) groups excluding carboxylic acids is 1. The van der Waals surface area contributed by atoms with Gasteiger partial charge in [-0.3, -0.25) is 4.90 Å². The van der Waals surface area contributed by atoms with Gasteiger partial charge in [0.25, 0.3) is 0 Å². The molecule has 4 nitrogen and oxygen atoms in total. The zero-order chi connectivity index (χ0) is 22.3. The van der Waals surface area contributed by atoms with E-state index >= 15 is 0 Å². The van der Waals surface area contributed by atoms with Crippen LogP contribution in [0.25, 0.3) is 0 Å². The van der Waals surface area contributed by atoms with E-state index < -0.39 is 0 Å². The molecule has 0 bridgehead atoms. The lowest BCUT2D eigenvalue weighted by molar-refractivity contribution is 0.119. The minimum absolute atomic E-state index is 0.0331. The standard InChI is InChI=1S/C26H27F2N3O/c27-22-9-11-24(12-10-22)29-26(32)31(19-21-7-4-8-23(28)17-21)25-13-15-30(16-14-25)18-20-5-2-1-3-6-20/h1-12,17,25H,13-16,18-19H2,(H,29,32). The molecule has 6 heteroatoms. The first-order valence-electron chi connectivity index (χ1n) is 10.9. The smallest absolute Gasteiger partial charge is 0.317 e. The summed E-state index contributed by atoms with van der Waals surface area (Å²) >= 11 is 0. The topological polar surface area (TPSA) is 35.6 Å². The molecular formula is C26H27F2N3O. The number of nitrogens with zero attached hydrogens (tertiary/aromatic N) is 2. The summed E-state index contributed by atoms with van der Waals surface area (Å²) in [6.45, 7) is 2.96. The van der Waals surface area contributed by atoms with Crippen molar-refractivity contribution < 1.29 is 13.6 Å². The van der Waals surface area contributed by atoms with Crippen molar-refractivity contribution in [2.24, 2.45) is 0 Å². The van der Waals surface area contributed by atoms with Gasteiger partial charge in [0.15, 0.2) is 0 Å². The molecule has 0 aliphatic carbocycles. The van der Waals surface area contributed by atoms with Gasteiger partial charge in [-0.1, -0.05) is 42.5 Å². The Morgan fingerprint density at radius 1 is 0.875 bits per heavy atom. The summed E-state index contributed by atoms with van der Waals surface area (Å²) < 4.78 is 27.0. The SMILES string of the molecule is O=C(Nc1ccc(F)cc1)N(Cc1cccc(F)c1)C1CCN(Cc2ccccc2)CC1. The maximum Gasteiger partial charge on any atom is 0.322 e. The van der Waals surface area contributed by atoms with Crippen molar-refractivity contribution in [2.45, 2.75) is 32.0 Å². The van der Waals surface area contributed by atoms with Crippen LogP contribution in [0.5, 0.6) is 0 Å². The molecule has 3 aromatic carbocycles. The van der Waals surface area contributed by atoms with Crippen LogP contribution in [0.2, 0.25) is 0 Å². The second-order valence-electron chi connectivity index (χ2n) is 8.19. The van der Waals surface area contributed by atoms with Crippen molar-refractivity contribution in [3.05, 3.63) is 102 Å². The highest BCUT2D eigenvalue weighted by atomic mass is 19.1. The number of anilines is 1. The molecule has 1 aliphatic heterocycles. The lowest BCUT2D eigenvalue weighted by Crippen LogP contribution is -2.48. The van der Waals surface area contributed by atoms with Crippen molar-refractivity contribution in [2.75, 3.05) is 18.4 Å². The van der Waals surface area contributed by atoms with Gasteiger partial charge < -0.3 is 10.2 Å². The number of hydrogen-bond acceptors (Lipinski definition) is 2. The highest BCUT2D eigenvalue weighted by molar-refractivity contribution is 5.89. The number of carbonyl (C=O) groups is 1. The molecule has 32 heavy (non-hydrogen) atoms. The van der Waals surface area contributed by atoms with E-state index in [2.05, 4.69) is 22.3 Å². The van der Waals surface area contributed by atoms with E-state index in [1.54, 1.807) is 11.0 Å². The molecule has 0 atom stereocenters. The van der Waals surface area contributed by atoms with Gasteiger partial charge in [-0.2, -0.15) is 0 Å². The van der Waals surface area contributed by atoms with Crippen LogP contribution in [0.15, 0.2) is 78.9 Å². The van der Waals surface area contributed by atoms with Gasteiger partial charge in [-0.05, 0) is 60.4 Å². The molecule has 166 valence electrons. The van der Waals surface area contributed by atoms with Gasteiger partial charge >= 0.3 is 6.03 Å². The first-order chi connectivity index (χ1) is 15.6. The third-order valence-corrected chi connectivity index (χ3v) is 5.85. The number of urea groups is 1. The largest absolute Gasteiger partial charge is 0.322 e. The Morgan fingerprint density at radius 2 is 1.56 bits per heavy atom. The van der Waals surface area contributed by atoms with E-state index in [1.807, 2.05) is 24.3 Å². The number of piperidine rings is 1. The number of halogens is 2. The van der Waals surface area contributed by atoms with Crippen LogP contribution in [0.1, 0.15) is 24.0 Å². The van der Waals surface area contributed by atoms with Crippen molar-refractivity contribution in [3.8, 4) is 0 Å². The third-order valence-electron chi connectivity index (χ3n) is 5.85. The third kappa shape index (κ3) is 5.92. The van der Waals surface area contributed by atoms with E-state index in [-0.39, 0.29) is 23.7 Å². The number of nitrogens with one attached hydrogen (secondary N) is 1. The van der Waals surface area contributed by atoms with Crippen molar-refractivity contribution in [1.82, 2.24) is 9.80 Å². The number of hydrogen-bond donors (Lipinski definition) is 1. The van der Waals surface area contributed by atoms with Crippen molar-refractivity contribution in [1.29, 1.82) is 0 Å². The van der Waals surface area contributed by atoms with Crippen LogP contribution in [-0.2, 0) is 13.1 Å². The van der Waals surface area contributed by atoms with Gasteiger partial charge in [0.1, 0.15) is 11.6 Å². The highest BCUT2D eigenvalue weighted by Crippen LogP contribution is 2.22. The van der Waals surface area contributed by atoms with Gasteiger partial charge in [-0.15, -0.1) is 0 Å². The molecular weight excluding hydrogens is 408 g/mol. The molecule has 1 aliphatic rings. The van der Waals surface area contributed by atoms with Gasteiger partial charge in [0.05, 0.1) is 0 Å². The summed E-state index contributed by atoms with van der Waals surface area (Å²) in [5.41, 5.74) is 2.55. The Balaban J connectivity index is 1.44. The van der Waals surface area contributed by atoms with Crippen LogP contribution in [-0.4, -0.2) is 35.0 Å². The Morgan fingerprint density at radius 3 is 2.25 bits per heavy atom. The number of amides is 2. The molecule has 3 aromatic rings. The monoisotopic (exact) mass is 435 g/mol. The fourth-order valence-electron chi connectivity index (χ4n) is 4.16. The minimum Gasteiger partial charge on any atom is -0.317 e. The number of rotatable bonds is 6. The van der Waals surface area contributed by atoms with E-state index in [0.29, 0.717) is 12.2 Å². The average Bonchev–Trinajstić information content (AvgIpc) is 2.80. The van der Waals surface area contributed by atoms with Crippen LogP contribution >= 0.6 is 0 Å². The van der Waals surface area contributed by atoms with Crippen molar-refractivity contribution >= 4 is 11.7 Å². The van der Waals surface area contributed by atoms with Crippen LogP contribution in [0.4, 0.5) is 19.3 Å². The lowest BCUT2D eigenvalue weighted by atomic mass is 10.0. The normalized spacial score (nSPS) is 14.8. The summed E-state index contributed by atoms with van der Waals surface area (Å²) in [4.78, 5) is 17.3. The molecule has 0 spiro atoms. The van der Waals surface area contributed by atoms with E-state index in [4.69, 9.17) is 0 Å². The summed E-state index contributed by atoms with van der Waals surface area (Å²) in [5, 5.41) is 2.87. The summed E-state index contributed by atoms with van der Waals surface area (Å²) in [7, 11) is 0. The zero-order valence-electron chi connectivity index (χ0n) is 17.9. The van der Waals surface area contributed by atoms with Gasteiger partial charge in [-0.25, -0.2) is 13.6 Å². The molecule has 0 saturated carbocycles. The molecule has 0 aromatic heterocycles. The number of benzene rings is 3. The Bertz CT molecular complexity index is 1020. The predicted molar refractivity (Wildman–Crippen MR) is 122 cm³/mol. The molecule has 1 saturated heterocycles. The second-order valence-corrected chi connectivity index (χ2v) is 8.19. The maximum absolute atomic E-state index is 13.7. The molecule has 0 radical (unpaired) electrons. The molecule has 1 heterocycles. The van der Waals surface area contributed by atoms with Gasteiger partial charge in [0, 0.05) is 37.9 Å². The predicted octanol–water partition coefficient (Wildman–Crippen LogP) is 5.66. The first kappa shape index (κ1) is 22.0. The highest BCUT2D eigenvalue weighted by Gasteiger charge is 2.28.